The van der Waals surface area contributed by atoms with E-state index in [-0.39, 0.29) is 18.5 Å². The van der Waals surface area contributed by atoms with Gasteiger partial charge in [-0.25, -0.2) is 0 Å². The van der Waals surface area contributed by atoms with Crippen molar-refractivity contribution >= 4 is 12.4 Å². The number of aliphatic hydroxyl groups excluding tert-OH is 1. The first-order valence-electron chi connectivity index (χ1n) is 8.47. The fourth-order valence-electron chi connectivity index (χ4n) is 4.56. The summed E-state index contributed by atoms with van der Waals surface area (Å²) in [5, 5.41) is 13.8. The lowest BCUT2D eigenvalue weighted by atomic mass is 9.80. The van der Waals surface area contributed by atoms with E-state index in [1.165, 1.54) is 71.1 Å². The molecule has 20 heavy (non-hydrogen) atoms. The Bertz CT molecular complexity index is 284. The van der Waals surface area contributed by atoms with E-state index in [0.29, 0.717) is 12.0 Å². The highest BCUT2D eigenvalue weighted by Crippen LogP contribution is 2.35. The van der Waals surface area contributed by atoms with Crippen LogP contribution in [0, 0.1) is 11.8 Å². The minimum absolute atomic E-state index is 0. The summed E-state index contributed by atoms with van der Waals surface area (Å²) < 4.78 is 0. The van der Waals surface area contributed by atoms with E-state index in [1.54, 1.807) is 0 Å². The van der Waals surface area contributed by atoms with Crippen molar-refractivity contribution < 1.29 is 5.11 Å². The van der Waals surface area contributed by atoms with Gasteiger partial charge in [0.1, 0.15) is 0 Å². The molecule has 4 unspecified atom stereocenters. The van der Waals surface area contributed by atoms with Gasteiger partial charge in [0.25, 0.3) is 0 Å². The van der Waals surface area contributed by atoms with Crippen molar-refractivity contribution in [2.75, 3.05) is 26.2 Å². The summed E-state index contributed by atoms with van der Waals surface area (Å²) in [4.78, 5) is 2.72. The molecule has 2 aliphatic heterocycles. The fourth-order valence-corrected chi connectivity index (χ4v) is 4.56. The van der Waals surface area contributed by atoms with Crippen LogP contribution in [0.4, 0.5) is 0 Å². The molecular weight excluding hydrogens is 272 g/mol. The standard InChI is InChI=1S/C16H30N2O.ClH/c19-16-8-2-1-6-14(16)15-7-4-10-18(15)12-13-5-3-9-17-11-13;/h13-17,19H,1-12H2;1H. The number of halogens is 1. The number of rotatable bonds is 3. The van der Waals surface area contributed by atoms with Gasteiger partial charge in [-0.2, -0.15) is 0 Å². The molecular formula is C16H31ClN2O. The number of nitrogens with one attached hydrogen (secondary N) is 1. The molecule has 3 rings (SSSR count). The number of nitrogens with zero attached hydrogens (tertiary/aromatic N) is 1. The van der Waals surface area contributed by atoms with Crippen LogP contribution in [0.3, 0.4) is 0 Å². The first-order chi connectivity index (χ1) is 9.34. The smallest absolute Gasteiger partial charge is 0.0583 e. The molecule has 0 bridgehead atoms. The van der Waals surface area contributed by atoms with Crippen LogP contribution in [0.1, 0.15) is 51.4 Å². The zero-order valence-electron chi connectivity index (χ0n) is 12.6. The van der Waals surface area contributed by atoms with Crippen molar-refractivity contribution in [3.8, 4) is 0 Å². The normalized spacial score (nSPS) is 39.5. The van der Waals surface area contributed by atoms with Crippen molar-refractivity contribution in [1.29, 1.82) is 0 Å². The molecule has 2 saturated heterocycles. The summed E-state index contributed by atoms with van der Waals surface area (Å²) in [6, 6.07) is 0.678. The van der Waals surface area contributed by atoms with Gasteiger partial charge in [-0.15, -0.1) is 12.4 Å². The third-order valence-corrected chi connectivity index (χ3v) is 5.58. The lowest BCUT2D eigenvalue weighted by Gasteiger charge is -2.39. The van der Waals surface area contributed by atoms with E-state index in [4.69, 9.17) is 0 Å². The van der Waals surface area contributed by atoms with Crippen LogP contribution in [0.5, 0.6) is 0 Å². The number of hydrogen-bond acceptors (Lipinski definition) is 3. The molecule has 1 saturated carbocycles. The van der Waals surface area contributed by atoms with Crippen LogP contribution in [0.2, 0.25) is 0 Å². The predicted octanol–water partition coefficient (Wildman–Crippen LogP) is 2.42. The van der Waals surface area contributed by atoms with Gasteiger partial charge >= 0.3 is 0 Å². The van der Waals surface area contributed by atoms with Gasteiger partial charge in [0.15, 0.2) is 0 Å². The molecule has 118 valence electrons. The van der Waals surface area contributed by atoms with E-state index in [0.717, 1.165) is 12.3 Å². The Hall–Kier alpha value is 0.170. The average molecular weight is 303 g/mol. The average Bonchev–Trinajstić information content (AvgIpc) is 2.88. The lowest BCUT2D eigenvalue weighted by Crippen LogP contribution is -2.46. The Morgan fingerprint density at radius 1 is 1.00 bits per heavy atom. The van der Waals surface area contributed by atoms with Crippen LogP contribution < -0.4 is 5.32 Å². The molecule has 0 aromatic rings. The molecule has 4 heteroatoms. The second kappa shape index (κ2) is 7.98. The Balaban J connectivity index is 0.00000147. The largest absolute Gasteiger partial charge is 0.393 e. The van der Waals surface area contributed by atoms with Gasteiger partial charge in [0.2, 0.25) is 0 Å². The van der Waals surface area contributed by atoms with Crippen LogP contribution in [0.15, 0.2) is 0 Å². The highest BCUT2D eigenvalue weighted by molar-refractivity contribution is 5.85. The molecule has 3 fully saturated rings. The molecule has 2 heterocycles. The third kappa shape index (κ3) is 3.88. The first-order valence-corrected chi connectivity index (χ1v) is 8.47. The van der Waals surface area contributed by atoms with Crippen LogP contribution in [-0.4, -0.2) is 48.3 Å². The Labute approximate surface area is 129 Å². The van der Waals surface area contributed by atoms with Crippen molar-refractivity contribution in [3.05, 3.63) is 0 Å². The molecule has 0 radical (unpaired) electrons. The zero-order chi connectivity index (χ0) is 13.1. The number of hydrogen-bond donors (Lipinski definition) is 2. The fraction of sp³-hybridized carbons (Fsp3) is 1.00. The maximum absolute atomic E-state index is 10.3. The van der Waals surface area contributed by atoms with E-state index in [9.17, 15) is 5.11 Å². The van der Waals surface area contributed by atoms with Gasteiger partial charge < -0.3 is 10.4 Å². The van der Waals surface area contributed by atoms with E-state index >= 15 is 0 Å². The minimum Gasteiger partial charge on any atom is -0.393 e. The molecule has 0 aromatic heterocycles. The minimum atomic E-state index is -0.0242. The molecule has 0 amide bonds. The Morgan fingerprint density at radius 2 is 1.85 bits per heavy atom. The number of aliphatic hydroxyl groups is 1. The van der Waals surface area contributed by atoms with Crippen molar-refractivity contribution in [2.24, 2.45) is 11.8 Å². The molecule has 3 aliphatic rings. The summed E-state index contributed by atoms with van der Waals surface area (Å²) in [5.74, 6) is 1.41. The lowest BCUT2D eigenvalue weighted by molar-refractivity contribution is 0.0175. The second-order valence-corrected chi connectivity index (χ2v) is 6.93. The van der Waals surface area contributed by atoms with E-state index in [2.05, 4.69) is 10.2 Å². The van der Waals surface area contributed by atoms with E-state index in [1.807, 2.05) is 0 Å². The van der Waals surface area contributed by atoms with Crippen molar-refractivity contribution in [1.82, 2.24) is 10.2 Å². The molecule has 1 aliphatic carbocycles. The van der Waals surface area contributed by atoms with Gasteiger partial charge in [-0.3, -0.25) is 4.90 Å². The van der Waals surface area contributed by atoms with E-state index < -0.39 is 0 Å². The third-order valence-electron chi connectivity index (χ3n) is 5.58. The Kier molecular flexibility index (Phi) is 6.60. The molecule has 0 spiro atoms. The molecule has 3 nitrogen and oxygen atoms in total. The van der Waals surface area contributed by atoms with Crippen LogP contribution >= 0.6 is 12.4 Å². The summed E-state index contributed by atoms with van der Waals surface area (Å²) >= 11 is 0. The first kappa shape index (κ1) is 16.5. The summed E-state index contributed by atoms with van der Waals surface area (Å²) in [6.45, 7) is 4.95. The highest BCUT2D eigenvalue weighted by atomic mass is 35.5. The summed E-state index contributed by atoms with van der Waals surface area (Å²) in [6.07, 6.45) is 10.2. The van der Waals surface area contributed by atoms with Gasteiger partial charge in [-0.05, 0) is 64.1 Å². The number of likely N-dealkylation sites (tertiary alicyclic amines) is 1. The quantitative estimate of drug-likeness (QED) is 0.840. The predicted molar refractivity (Wildman–Crippen MR) is 85.4 cm³/mol. The maximum atomic E-state index is 10.3. The highest BCUT2D eigenvalue weighted by Gasteiger charge is 2.37. The Morgan fingerprint density at radius 3 is 2.60 bits per heavy atom. The maximum Gasteiger partial charge on any atom is 0.0583 e. The second-order valence-electron chi connectivity index (χ2n) is 6.93. The SMILES string of the molecule is Cl.OC1CCCCC1C1CCCN1CC1CCCNC1. The molecule has 4 atom stereocenters. The molecule has 0 aromatic carbocycles. The van der Waals surface area contributed by atoms with Crippen molar-refractivity contribution in [2.45, 2.75) is 63.5 Å². The number of piperidine rings is 1. The topological polar surface area (TPSA) is 35.5 Å². The van der Waals surface area contributed by atoms with Gasteiger partial charge in [-0.1, -0.05) is 12.8 Å². The van der Waals surface area contributed by atoms with Gasteiger partial charge in [0, 0.05) is 18.5 Å². The van der Waals surface area contributed by atoms with Gasteiger partial charge in [0.05, 0.1) is 6.10 Å². The summed E-state index contributed by atoms with van der Waals surface area (Å²) in [5.41, 5.74) is 0. The monoisotopic (exact) mass is 302 g/mol. The van der Waals surface area contributed by atoms with Crippen LogP contribution in [-0.2, 0) is 0 Å². The van der Waals surface area contributed by atoms with Crippen LogP contribution in [0.25, 0.3) is 0 Å². The molecule has 2 N–H and O–H groups in total. The van der Waals surface area contributed by atoms with Crippen molar-refractivity contribution in [3.63, 3.8) is 0 Å². The summed E-state index contributed by atoms with van der Waals surface area (Å²) in [7, 11) is 0. The zero-order valence-corrected chi connectivity index (χ0v) is 13.4.